The van der Waals surface area contributed by atoms with Crippen LogP contribution in [0.4, 0.5) is 0 Å². The molecule has 1 aromatic heterocycles. The van der Waals surface area contributed by atoms with Gasteiger partial charge in [-0.2, -0.15) is 0 Å². The first-order valence-electron chi connectivity index (χ1n) is 5.25. The van der Waals surface area contributed by atoms with Crippen LogP contribution in [-0.4, -0.2) is 45.5 Å². The van der Waals surface area contributed by atoms with Crippen LogP contribution in [0.1, 0.15) is 16.1 Å². The first-order chi connectivity index (χ1) is 8.71. The molecule has 0 amide bonds. The lowest BCUT2D eigenvalue weighted by molar-refractivity contribution is 0.0698. The van der Waals surface area contributed by atoms with Crippen molar-refractivity contribution in [3.8, 4) is 0 Å². The van der Waals surface area contributed by atoms with Gasteiger partial charge >= 0.3 is 5.97 Å². The number of nitrogens with one attached hydrogen (secondary N) is 1. The molecule has 2 N–H and O–H groups in total. The van der Waals surface area contributed by atoms with Gasteiger partial charge in [-0.05, 0) is 17.9 Å². The zero-order valence-electron chi connectivity index (χ0n) is 9.57. The van der Waals surface area contributed by atoms with Gasteiger partial charge in [0.05, 0.1) is 11.5 Å². The molecule has 1 unspecified atom stereocenters. The van der Waals surface area contributed by atoms with E-state index in [1.54, 1.807) is 0 Å². The molecule has 106 valence electrons. The Hall–Kier alpha value is -0.970. The molecule has 7 nitrogen and oxygen atoms in total. The fourth-order valence-electron chi connectivity index (χ4n) is 1.84. The van der Waals surface area contributed by atoms with Crippen LogP contribution in [-0.2, 0) is 19.9 Å². The van der Waals surface area contributed by atoms with Crippen LogP contribution in [0, 0.1) is 0 Å². The van der Waals surface area contributed by atoms with Crippen molar-refractivity contribution in [2.24, 2.45) is 0 Å². The molecule has 1 atom stereocenters. The molecule has 0 radical (unpaired) electrons. The van der Waals surface area contributed by atoms with Crippen LogP contribution in [0.15, 0.2) is 16.3 Å². The van der Waals surface area contributed by atoms with Gasteiger partial charge in [-0.15, -0.1) is 11.3 Å². The number of sulfonamides is 1. The normalized spacial score (nSPS) is 22.4. The lowest BCUT2D eigenvalue weighted by Crippen LogP contribution is -2.35. The molecule has 0 saturated carbocycles. The third-order valence-corrected chi connectivity index (χ3v) is 7.03. The second kappa shape index (κ2) is 4.85. The van der Waals surface area contributed by atoms with Crippen LogP contribution in [0.3, 0.4) is 0 Å². The van der Waals surface area contributed by atoms with E-state index in [-0.39, 0.29) is 27.7 Å². The van der Waals surface area contributed by atoms with Crippen molar-refractivity contribution in [2.75, 3.05) is 11.5 Å². The third kappa shape index (κ3) is 3.14. The average Bonchev–Trinajstić information content (AvgIpc) is 2.84. The highest BCUT2D eigenvalue weighted by Gasteiger charge is 2.33. The van der Waals surface area contributed by atoms with Gasteiger partial charge in [0.15, 0.2) is 9.84 Å². The highest BCUT2D eigenvalue weighted by molar-refractivity contribution is 7.92. The number of carbonyl (C=O) groups is 1. The Labute approximate surface area is 114 Å². The summed E-state index contributed by atoms with van der Waals surface area (Å²) in [6.45, 7) is 0. The van der Waals surface area contributed by atoms with E-state index in [1.165, 1.54) is 11.4 Å². The molecular weight excluding hydrogens is 314 g/mol. The summed E-state index contributed by atoms with van der Waals surface area (Å²) >= 11 is 0.805. The van der Waals surface area contributed by atoms with E-state index in [2.05, 4.69) is 4.72 Å². The summed E-state index contributed by atoms with van der Waals surface area (Å²) in [5.74, 6) is -1.64. The fraction of sp³-hybridized carbons (Fsp3) is 0.444. The molecule has 19 heavy (non-hydrogen) atoms. The predicted molar refractivity (Wildman–Crippen MR) is 68.7 cm³/mol. The van der Waals surface area contributed by atoms with E-state index in [0.717, 1.165) is 11.3 Å². The molecule has 2 rings (SSSR count). The van der Waals surface area contributed by atoms with Gasteiger partial charge in [0.25, 0.3) is 0 Å². The van der Waals surface area contributed by atoms with Crippen molar-refractivity contribution in [2.45, 2.75) is 17.4 Å². The maximum Gasteiger partial charge on any atom is 0.347 e. The molecule has 0 aliphatic carbocycles. The lowest BCUT2D eigenvalue weighted by atomic mass is 10.3. The van der Waals surface area contributed by atoms with Gasteiger partial charge in [0.2, 0.25) is 10.0 Å². The summed E-state index contributed by atoms with van der Waals surface area (Å²) in [4.78, 5) is 10.3. The Bertz CT molecular complexity index is 702. The van der Waals surface area contributed by atoms with Gasteiger partial charge in [0, 0.05) is 6.04 Å². The van der Waals surface area contributed by atoms with E-state index >= 15 is 0 Å². The minimum atomic E-state index is -4.01. The summed E-state index contributed by atoms with van der Waals surface area (Å²) in [6.07, 6.45) is 0.202. The molecule has 0 spiro atoms. The second-order valence-corrected chi connectivity index (χ2v) is 8.97. The van der Waals surface area contributed by atoms with Crippen LogP contribution < -0.4 is 4.72 Å². The Kier molecular flexibility index (Phi) is 3.69. The van der Waals surface area contributed by atoms with Crippen molar-refractivity contribution in [3.63, 3.8) is 0 Å². The van der Waals surface area contributed by atoms with Crippen molar-refractivity contribution in [1.82, 2.24) is 4.72 Å². The largest absolute Gasteiger partial charge is 0.477 e. The lowest BCUT2D eigenvalue weighted by Gasteiger charge is -2.11. The number of carboxylic acid groups (broad SMARTS) is 1. The monoisotopic (exact) mass is 325 g/mol. The molecular formula is C9H11NO6S3. The van der Waals surface area contributed by atoms with E-state index in [9.17, 15) is 21.6 Å². The first kappa shape index (κ1) is 14.4. The smallest absolute Gasteiger partial charge is 0.347 e. The average molecular weight is 325 g/mol. The fourth-order valence-corrected chi connectivity index (χ4v) is 6.15. The highest BCUT2D eigenvalue weighted by atomic mass is 32.2. The molecule has 10 heteroatoms. The Morgan fingerprint density at radius 3 is 2.68 bits per heavy atom. The Morgan fingerprint density at radius 1 is 1.47 bits per heavy atom. The van der Waals surface area contributed by atoms with Gasteiger partial charge in [0.1, 0.15) is 9.77 Å². The van der Waals surface area contributed by atoms with E-state index in [0.29, 0.717) is 0 Å². The highest BCUT2D eigenvalue weighted by Crippen LogP contribution is 2.23. The molecule has 1 aliphatic heterocycles. The molecule has 1 aromatic rings. The van der Waals surface area contributed by atoms with E-state index in [4.69, 9.17) is 5.11 Å². The SMILES string of the molecule is O=C(O)c1sccc1S(=O)(=O)NC1CCS(=O)(=O)C1. The van der Waals surface area contributed by atoms with Crippen molar-refractivity contribution < 1.29 is 26.7 Å². The maximum absolute atomic E-state index is 12.0. The second-order valence-electron chi connectivity index (χ2n) is 4.14. The van der Waals surface area contributed by atoms with Gasteiger partial charge in [-0.3, -0.25) is 0 Å². The number of carboxylic acids is 1. The maximum atomic E-state index is 12.0. The Morgan fingerprint density at radius 2 is 2.16 bits per heavy atom. The van der Waals surface area contributed by atoms with Crippen LogP contribution in [0.25, 0.3) is 0 Å². The van der Waals surface area contributed by atoms with Crippen molar-refractivity contribution >= 4 is 37.2 Å². The third-order valence-electron chi connectivity index (χ3n) is 2.67. The summed E-state index contributed by atoms with van der Waals surface area (Å²) in [6, 6.07) is 0.497. The predicted octanol–water partition coefficient (Wildman–Crippen LogP) is -0.0883. The van der Waals surface area contributed by atoms with Gasteiger partial charge in [-0.1, -0.05) is 0 Å². The van der Waals surface area contributed by atoms with Gasteiger partial charge < -0.3 is 5.11 Å². The topological polar surface area (TPSA) is 118 Å². The summed E-state index contributed by atoms with van der Waals surface area (Å²) in [5, 5.41) is 10.2. The summed E-state index contributed by atoms with van der Waals surface area (Å²) in [5.41, 5.74) is 0. The van der Waals surface area contributed by atoms with Crippen LogP contribution >= 0.6 is 11.3 Å². The zero-order valence-corrected chi connectivity index (χ0v) is 12.0. The molecule has 1 fully saturated rings. The minimum absolute atomic E-state index is 0.0599. The quantitative estimate of drug-likeness (QED) is 0.799. The molecule has 2 heterocycles. The summed E-state index contributed by atoms with van der Waals surface area (Å²) in [7, 11) is -7.21. The number of aromatic carboxylic acids is 1. The van der Waals surface area contributed by atoms with Crippen molar-refractivity contribution in [1.29, 1.82) is 0 Å². The van der Waals surface area contributed by atoms with Gasteiger partial charge in [-0.25, -0.2) is 26.4 Å². The molecule has 0 aromatic carbocycles. The zero-order chi connectivity index (χ0) is 14.3. The summed E-state index contributed by atoms with van der Waals surface area (Å²) < 4.78 is 48.8. The standard InChI is InChI=1S/C9H11NO6S3/c11-9(12)8-7(1-3-17-8)19(15,16)10-6-2-4-18(13,14)5-6/h1,3,6,10H,2,4-5H2,(H,11,12). The van der Waals surface area contributed by atoms with E-state index < -0.39 is 31.9 Å². The number of thiophene rings is 1. The molecule has 1 saturated heterocycles. The van der Waals surface area contributed by atoms with Crippen LogP contribution in [0.5, 0.6) is 0 Å². The number of sulfone groups is 1. The number of hydrogen-bond acceptors (Lipinski definition) is 6. The van der Waals surface area contributed by atoms with E-state index in [1.807, 2.05) is 0 Å². The number of hydrogen-bond donors (Lipinski definition) is 2. The molecule has 1 aliphatic rings. The Balaban J connectivity index is 2.24. The van der Waals surface area contributed by atoms with Crippen LogP contribution in [0.2, 0.25) is 0 Å². The van der Waals surface area contributed by atoms with Crippen molar-refractivity contribution in [3.05, 3.63) is 16.3 Å². The molecule has 0 bridgehead atoms. The minimum Gasteiger partial charge on any atom is -0.477 e. The first-order valence-corrected chi connectivity index (χ1v) is 9.43. The number of rotatable bonds is 4.